The van der Waals surface area contributed by atoms with Crippen molar-refractivity contribution in [2.75, 3.05) is 5.88 Å². The molecule has 0 unspecified atom stereocenters. The number of alkyl halides is 1. The fourth-order valence-electron chi connectivity index (χ4n) is 0.750. The lowest BCUT2D eigenvalue weighted by atomic mass is 10.2. The number of hydrogen-bond acceptors (Lipinski definition) is 0. The summed E-state index contributed by atoms with van der Waals surface area (Å²) in [5.74, 6) is 6.36. The van der Waals surface area contributed by atoms with Crippen LogP contribution in [0.5, 0.6) is 0 Å². The Bertz CT molecular complexity index is 108. The van der Waals surface area contributed by atoms with Crippen molar-refractivity contribution in [1.29, 1.82) is 0 Å². The summed E-state index contributed by atoms with van der Waals surface area (Å²) in [6.07, 6.45) is 5.81. The molecule has 0 bridgehead atoms. The Morgan fingerprint density at radius 1 is 1.10 bits per heavy atom. The normalized spacial score (nSPS) is 8.60. The second-order valence-corrected chi connectivity index (χ2v) is 2.58. The highest BCUT2D eigenvalue weighted by molar-refractivity contribution is 6.17. The highest BCUT2D eigenvalue weighted by Gasteiger charge is 1.85. The molecule has 0 amide bonds. The molecular weight excluding hydrogens is 144 g/mol. The largest absolute Gasteiger partial charge is 0.127 e. The van der Waals surface area contributed by atoms with E-state index in [2.05, 4.69) is 18.8 Å². The van der Waals surface area contributed by atoms with Crippen molar-refractivity contribution >= 4 is 11.6 Å². The van der Waals surface area contributed by atoms with Gasteiger partial charge in [-0.2, -0.15) is 0 Å². The second-order valence-electron chi connectivity index (χ2n) is 2.21. The van der Waals surface area contributed by atoms with Crippen LogP contribution in [0.25, 0.3) is 0 Å². The second kappa shape index (κ2) is 8.85. The quantitative estimate of drug-likeness (QED) is 0.327. The van der Waals surface area contributed by atoms with Gasteiger partial charge in [0, 0.05) is 19.2 Å². The molecule has 0 fully saturated rings. The molecule has 0 spiro atoms. The van der Waals surface area contributed by atoms with Crippen LogP contribution in [0.4, 0.5) is 0 Å². The van der Waals surface area contributed by atoms with E-state index in [4.69, 9.17) is 11.6 Å². The summed E-state index contributed by atoms with van der Waals surface area (Å²) in [6, 6.07) is 0. The number of unbranched alkanes of at least 4 members (excludes halogenated alkanes) is 4. The third-order valence-corrected chi connectivity index (χ3v) is 1.58. The van der Waals surface area contributed by atoms with Crippen molar-refractivity contribution in [3.05, 3.63) is 6.92 Å². The van der Waals surface area contributed by atoms with Gasteiger partial charge in [-0.1, -0.05) is 12.8 Å². The maximum atomic E-state index is 5.50. The van der Waals surface area contributed by atoms with E-state index in [1.165, 1.54) is 19.3 Å². The molecule has 1 radical (unpaired) electrons. The van der Waals surface area contributed by atoms with Crippen LogP contribution in [0, 0.1) is 18.8 Å². The van der Waals surface area contributed by atoms with Crippen LogP contribution in [0.1, 0.15) is 32.1 Å². The average Bonchev–Trinajstić information content (AvgIpc) is 1.97. The van der Waals surface area contributed by atoms with Crippen molar-refractivity contribution < 1.29 is 0 Å². The van der Waals surface area contributed by atoms with E-state index in [-0.39, 0.29) is 0 Å². The Balaban J connectivity index is 2.82. The van der Waals surface area contributed by atoms with Crippen molar-refractivity contribution in [2.24, 2.45) is 0 Å². The fourth-order valence-corrected chi connectivity index (χ4v) is 0.939. The zero-order chi connectivity index (χ0) is 7.66. The average molecular weight is 158 g/mol. The Morgan fingerprint density at radius 3 is 2.40 bits per heavy atom. The minimum Gasteiger partial charge on any atom is -0.127 e. The van der Waals surface area contributed by atoms with Crippen LogP contribution in [-0.4, -0.2) is 5.88 Å². The predicted octanol–water partition coefficient (Wildman–Crippen LogP) is 3.01. The molecule has 0 nitrogen and oxygen atoms in total. The highest BCUT2D eigenvalue weighted by Crippen LogP contribution is 2.02. The molecule has 0 aromatic heterocycles. The van der Waals surface area contributed by atoms with E-state index in [1.807, 2.05) is 0 Å². The van der Waals surface area contributed by atoms with Gasteiger partial charge in [-0.25, -0.2) is 0 Å². The molecule has 0 aliphatic rings. The monoisotopic (exact) mass is 157 g/mol. The molecule has 10 heavy (non-hydrogen) atoms. The topological polar surface area (TPSA) is 0 Å². The Hall–Kier alpha value is -0.150. The third-order valence-electron chi connectivity index (χ3n) is 1.31. The first-order chi connectivity index (χ1) is 4.91. The van der Waals surface area contributed by atoms with Gasteiger partial charge in [-0.15, -0.1) is 23.4 Å². The molecule has 0 saturated carbocycles. The summed E-state index contributed by atoms with van der Waals surface area (Å²) in [6.45, 7) is 3.44. The van der Waals surface area contributed by atoms with Crippen molar-refractivity contribution in [3.8, 4) is 11.8 Å². The van der Waals surface area contributed by atoms with Crippen LogP contribution in [0.3, 0.4) is 0 Å². The minimum absolute atomic E-state index is 0.793. The molecule has 0 N–H and O–H groups in total. The number of rotatable bonds is 5. The van der Waals surface area contributed by atoms with Crippen LogP contribution < -0.4 is 0 Å². The first-order valence-electron chi connectivity index (χ1n) is 3.72. The molecule has 0 aromatic carbocycles. The maximum absolute atomic E-state index is 5.50. The number of hydrogen-bond donors (Lipinski definition) is 0. The lowest BCUT2D eigenvalue weighted by Crippen LogP contribution is -1.77. The number of halogens is 1. The third kappa shape index (κ3) is 7.85. The van der Waals surface area contributed by atoms with E-state index in [0.717, 1.165) is 18.7 Å². The first-order valence-corrected chi connectivity index (χ1v) is 4.26. The maximum Gasteiger partial charge on any atom is 0.0223 e. The molecule has 0 heterocycles. The first kappa shape index (κ1) is 9.85. The van der Waals surface area contributed by atoms with Gasteiger partial charge >= 0.3 is 0 Å². The van der Waals surface area contributed by atoms with Crippen LogP contribution in [-0.2, 0) is 0 Å². The van der Waals surface area contributed by atoms with Crippen LogP contribution in [0.15, 0.2) is 0 Å². The lowest BCUT2D eigenvalue weighted by molar-refractivity contribution is 0.682. The van der Waals surface area contributed by atoms with E-state index in [0.29, 0.717) is 0 Å². The van der Waals surface area contributed by atoms with Crippen LogP contribution >= 0.6 is 11.6 Å². The van der Waals surface area contributed by atoms with Gasteiger partial charge in [0.15, 0.2) is 0 Å². The highest BCUT2D eigenvalue weighted by atomic mass is 35.5. The summed E-state index contributed by atoms with van der Waals surface area (Å²) >= 11 is 5.50. The lowest BCUT2D eigenvalue weighted by Gasteiger charge is -1.93. The van der Waals surface area contributed by atoms with Crippen molar-refractivity contribution in [2.45, 2.75) is 32.1 Å². The summed E-state index contributed by atoms with van der Waals surface area (Å²) in [5.41, 5.74) is 0. The zero-order valence-corrected chi connectivity index (χ0v) is 7.08. The van der Waals surface area contributed by atoms with Gasteiger partial charge in [0.1, 0.15) is 0 Å². The molecule has 0 aliphatic carbocycles. The predicted molar refractivity (Wildman–Crippen MR) is 46.9 cm³/mol. The molecule has 0 aromatic rings. The van der Waals surface area contributed by atoms with Gasteiger partial charge in [0.25, 0.3) is 0 Å². The van der Waals surface area contributed by atoms with Gasteiger partial charge in [-0.3, -0.25) is 0 Å². The Labute approximate surface area is 69.0 Å². The summed E-state index contributed by atoms with van der Waals surface area (Å²) in [5, 5.41) is 0. The molecule has 57 valence electrons. The summed E-state index contributed by atoms with van der Waals surface area (Å²) in [7, 11) is 0. The molecular formula is C9H14Cl. The van der Waals surface area contributed by atoms with Gasteiger partial charge in [0.05, 0.1) is 0 Å². The van der Waals surface area contributed by atoms with Crippen molar-refractivity contribution in [3.63, 3.8) is 0 Å². The van der Waals surface area contributed by atoms with Crippen molar-refractivity contribution in [1.82, 2.24) is 0 Å². The standard InChI is InChI=1S/C9H14Cl/c1-2-3-4-5-6-7-8-9-10/h1,4-9H2. The SMILES string of the molecule is [CH2]C#CCCCCCCCl. The van der Waals surface area contributed by atoms with E-state index in [1.54, 1.807) is 0 Å². The van der Waals surface area contributed by atoms with Gasteiger partial charge in [0.2, 0.25) is 0 Å². The smallest absolute Gasteiger partial charge is 0.0223 e. The minimum atomic E-state index is 0.793. The molecule has 0 aliphatic heterocycles. The molecule has 0 atom stereocenters. The summed E-state index contributed by atoms with van der Waals surface area (Å²) in [4.78, 5) is 0. The molecule has 1 heteroatoms. The van der Waals surface area contributed by atoms with Crippen LogP contribution in [0.2, 0.25) is 0 Å². The fraction of sp³-hybridized carbons (Fsp3) is 0.667. The van der Waals surface area contributed by atoms with E-state index < -0.39 is 0 Å². The zero-order valence-electron chi connectivity index (χ0n) is 6.33. The van der Waals surface area contributed by atoms with E-state index >= 15 is 0 Å². The Morgan fingerprint density at radius 2 is 1.80 bits per heavy atom. The van der Waals surface area contributed by atoms with Gasteiger partial charge < -0.3 is 0 Å². The van der Waals surface area contributed by atoms with E-state index in [9.17, 15) is 0 Å². The molecule has 0 saturated heterocycles. The summed E-state index contributed by atoms with van der Waals surface area (Å²) < 4.78 is 0. The van der Waals surface area contributed by atoms with Gasteiger partial charge in [-0.05, 0) is 12.8 Å². The Kier molecular flexibility index (Phi) is 8.72. The molecule has 0 rings (SSSR count).